The van der Waals surface area contributed by atoms with Gasteiger partial charge in [-0.25, -0.2) is 0 Å². The second-order valence-corrected chi connectivity index (χ2v) is 10.5. The van der Waals surface area contributed by atoms with Gasteiger partial charge >= 0.3 is 0 Å². The van der Waals surface area contributed by atoms with E-state index in [1.54, 1.807) is 7.11 Å². The van der Waals surface area contributed by atoms with Gasteiger partial charge < -0.3 is 19.3 Å². The third-order valence-corrected chi connectivity index (χ3v) is 8.17. The van der Waals surface area contributed by atoms with Crippen molar-refractivity contribution in [2.24, 2.45) is 5.41 Å². The summed E-state index contributed by atoms with van der Waals surface area (Å²) < 4.78 is 11.1. The van der Waals surface area contributed by atoms with E-state index in [0.717, 1.165) is 37.6 Å². The number of nitrogens with zero attached hydrogens (tertiary/aromatic N) is 4. The van der Waals surface area contributed by atoms with Gasteiger partial charge in [-0.05, 0) is 62.7 Å². The average molecular weight is 491 g/mol. The van der Waals surface area contributed by atoms with Crippen molar-refractivity contribution in [3.63, 3.8) is 0 Å². The van der Waals surface area contributed by atoms with E-state index in [2.05, 4.69) is 44.3 Å². The van der Waals surface area contributed by atoms with Gasteiger partial charge in [0.2, 0.25) is 0 Å². The van der Waals surface area contributed by atoms with E-state index in [1.165, 1.54) is 37.7 Å². The summed E-state index contributed by atoms with van der Waals surface area (Å²) in [5, 5.41) is 8.63. The molecule has 5 rings (SSSR count). The van der Waals surface area contributed by atoms with Gasteiger partial charge in [0, 0.05) is 37.7 Å². The maximum atomic E-state index is 6.26. The molecule has 1 saturated carbocycles. The Bertz CT molecular complexity index is 961. The number of benzene rings is 1. The monoisotopic (exact) mass is 490 g/mol. The maximum Gasteiger partial charge on any atom is 0.175 e. The summed E-state index contributed by atoms with van der Waals surface area (Å²) in [5.74, 6) is 1.59. The van der Waals surface area contributed by atoms with Crippen molar-refractivity contribution < 1.29 is 9.47 Å². The molecule has 0 amide bonds. The minimum absolute atomic E-state index is 0.396. The Hall–Kier alpha value is -1.60. The number of para-hydroxylation sites is 1. The normalized spacial score (nSPS) is 23.1. The Labute approximate surface area is 206 Å². The average Bonchev–Trinajstić information content (AvgIpc) is 3.26. The summed E-state index contributed by atoms with van der Waals surface area (Å²) >= 11 is 12.3. The Balaban J connectivity index is 1.14. The molecule has 1 spiro atoms. The van der Waals surface area contributed by atoms with Crippen LogP contribution in [0.2, 0.25) is 10.3 Å². The third-order valence-electron chi connectivity index (χ3n) is 7.72. The Morgan fingerprint density at radius 3 is 2.64 bits per heavy atom. The first-order chi connectivity index (χ1) is 16.1. The third kappa shape index (κ3) is 4.95. The predicted molar refractivity (Wildman–Crippen MR) is 132 cm³/mol. The van der Waals surface area contributed by atoms with Crippen LogP contribution in [0.3, 0.4) is 0 Å². The van der Waals surface area contributed by atoms with Crippen molar-refractivity contribution in [1.82, 2.24) is 15.1 Å². The lowest BCUT2D eigenvalue weighted by Gasteiger charge is -2.50. The lowest BCUT2D eigenvalue weighted by molar-refractivity contribution is 0.129. The van der Waals surface area contributed by atoms with Crippen LogP contribution in [0.1, 0.15) is 43.6 Å². The molecule has 0 radical (unpaired) electrons. The molecular formula is C25H32Cl2N4O2. The molecule has 3 aliphatic rings. The number of hydrogen-bond acceptors (Lipinski definition) is 6. The minimum Gasteiger partial charge on any atom is -0.491 e. The Morgan fingerprint density at radius 1 is 1.06 bits per heavy atom. The van der Waals surface area contributed by atoms with Gasteiger partial charge in [-0.3, -0.25) is 0 Å². The minimum atomic E-state index is 0.396. The van der Waals surface area contributed by atoms with Crippen LogP contribution >= 0.6 is 23.2 Å². The first-order valence-corrected chi connectivity index (χ1v) is 12.7. The number of piperidine rings is 1. The highest BCUT2D eigenvalue weighted by atomic mass is 35.5. The SMILES string of the molecule is COCCOc1ccccc1C1CCN([C@@H]2CCC3(C2)CN(c2cc(Cl)nnc2Cl)C3)CC1. The van der Waals surface area contributed by atoms with Crippen LogP contribution in [0.4, 0.5) is 5.69 Å². The number of ether oxygens (including phenoxy) is 2. The van der Waals surface area contributed by atoms with Crippen LogP contribution in [0.15, 0.2) is 30.3 Å². The zero-order valence-electron chi connectivity index (χ0n) is 19.2. The van der Waals surface area contributed by atoms with Crippen LogP contribution in [-0.4, -0.2) is 67.6 Å². The van der Waals surface area contributed by atoms with E-state index < -0.39 is 0 Å². The molecule has 2 aliphatic heterocycles. The van der Waals surface area contributed by atoms with Crippen molar-refractivity contribution in [3.8, 4) is 5.75 Å². The van der Waals surface area contributed by atoms with Gasteiger partial charge in [0.25, 0.3) is 0 Å². The van der Waals surface area contributed by atoms with Crippen LogP contribution in [-0.2, 0) is 4.74 Å². The fourth-order valence-corrected chi connectivity index (χ4v) is 6.39. The van der Waals surface area contributed by atoms with Gasteiger partial charge in [-0.1, -0.05) is 41.4 Å². The van der Waals surface area contributed by atoms with E-state index in [9.17, 15) is 0 Å². The highest BCUT2D eigenvalue weighted by molar-refractivity contribution is 6.33. The van der Waals surface area contributed by atoms with Crippen LogP contribution in [0.5, 0.6) is 5.75 Å². The molecule has 178 valence electrons. The van der Waals surface area contributed by atoms with Crippen LogP contribution < -0.4 is 9.64 Å². The molecule has 2 aromatic rings. The largest absolute Gasteiger partial charge is 0.491 e. The second-order valence-electron chi connectivity index (χ2n) is 9.79. The molecule has 8 heteroatoms. The lowest BCUT2D eigenvalue weighted by Crippen LogP contribution is -2.56. The van der Waals surface area contributed by atoms with Gasteiger partial charge in [-0.15, -0.1) is 10.2 Å². The molecule has 0 N–H and O–H groups in total. The summed E-state index contributed by atoms with van der Waals surface area (Å²) in [6.45, 7) is 5.61. The van der Waals surface area contributed by atoms with Crippen molar-refractivity contribution in [2.45, 2.75) is 44.1 Å². The van der Waals surface area contributed by atoms with Crippen molar-refractivity contribution >= 4 is 28.9 Å². The van der Waals surface area contributed by atoms with E-state index in [-0.39, 0.29) is 0 Å². The lowest BCUT2D eigenvalue weighted by atomic mass is 9.77. The first-order valence-electron chi connectivity index (χ1n) is 12.0. The van der Waals surface area contributed by atoms with E-state index >= 15 is 0 Å². The number of anilines is 1. The van der Waals surface area contributed by atoms with Crippen molar-refractivity contribution in [1.29, 1.82) is 0 Å². The molecular weight excluding hydrogens is 459 g/mol. The number of likely N-dealkylation sites (tertiary alicyclic amines) is 1. The standard InChI is InChI=1S/C25H32Cl2N4O2/c1-32-12-13-33-22-5-3-2-4-20(22)18-7-10-30(11-8-18)19-6-9-25(15-19)16-31(17-25)21-14-23(26)28-29-24(21)27/h2-5,14,18-19H,6-13,15-17H2,1H3/t19-/m1/s1. The summed E-state index contributed by atoms with van der Waals surface area (Å²) in [7, 11) is 1.71. The molecule has 1 aromatic carbocycles. The molecule has 0 unspecified atom stereocenters. The fourth-order valence-electron chi connectivity index (χ4n) is 6.04. The molecule has 6 nitrogen and oxygen atoms in total. The predicted octanol–water partition coefficient (Wildman–Crippen LogP) is 5.05. The topological polar surface area (TPSA) is 50.7 Å². The molecule has 3 fully saturated rings. The van der Waals surface area contributed by atoms with E-state index in [4.69, 9.17) is 32.7 Å². The number of hydrogen-bond donors (Lipinski definition) is 0. The molecule has 1 aliphatic carbocycles. The molecule has 33 heavy (non-hydrogen) atoms. The summed E-state index contributed by atoms with van der Waals surface area (Å²) in [4.78, 5) is 5.04. The quantitative estimate of drug-likeness (QED) is 0.506. The highest BCUT2D eigenvalue weighted by Crippen LogP contribution is 2.50. The summed E-state index contributed by atoms with van der Waals surface area (Å²) in [6, 6.07) is 11.0. The first kappa shape index (κ1) is 23.2. The molecule has 2 saturated heterocycles. The van der Waals surface area contributed by atoms with Gasteiger partial charge in [-0.2, -0.15) is 0 Å². The van der Waals surface area contributed by atoms with Crippen molar-refractivity contribution in [2.75, 3.05) is 51.4 Å². The molecule has 0 bridgehead atoms. The number of methoxy groups -OCH3 is 1. The van der Waals surface area contributed by atoms with Gasteiger partial charge in [0.1, 0.15) is 12.4 Å². The molecule has 1 atom stereocenters. The van der Waals surface area contributed by atoms with Crippen molar-refractivity contribution in [3.05, 3.63) is 46.2 Å². The fraction of sp³-hybridized carbons (Fsp3) is 0.600. The zero-order valence-corrected chi connectivity index (χ0v) is 20.7. The van der Waals surface area contributed by atoms with Gasteiger partial charge in [0.05, 0.1) is 12.3 Å². The molecule has 3 heterocycles. The second kappa shape index (κ2) is 9.95. The van der Waals surface area contributed by atoms with E-state index in [1.807, 2.05) is 6.07 Å². The Morgan fingerprint density at radius 2 is 1.85 bits per heavy atom. The molecule has 1 aromatic heterocycles. The maximum absolute atomic E-state index is 6.26. The van der Waals surface area contributed by atoms with Gasteiger partial charge in [0.15, 0.2) is 10.3 Å². The van der Waals surface area contributed by atoms with E-state index in [0.29, 0.717) is 40.9 Å². The van der Waals surface area contributed by atoms with Crippen LogP contribution in [0.25, 0.3) is 0 Å². The zero-order chi connectivity index (χ0) is 22.8. The van der Waals surface area contributed by atoms with Crippen LogP contribution in [0, 0.1) is 5.41 Å². The summed E-state index contributed by atoms with van der Waals surface area (Å²) in [6.07, 6.45) is 6.23. The smallest absolute Gasteiger partial charge is 0.175 e. The Kier molecular flexibility index (Phi) is 6.98. The summed E-state index contributed by atoms with van der Waals surface area (Å²) in [5.41, 5.74) is 2.67. The number of aromatic nitrogens is 2. The highest BCUT2D eigenvalue weighted by Gasteiger charge is 2.50. The number of halogens is 2. The number of rotatable bonds is 7.